The zero-order valence-electron chi connectivity index (χ0n) is 11.1. The van der Waals surface area contributed by atoms with Gasteiger partial charge in [0.25, 0.3) is 0 Å². The highest BCUT2D eigenvalue weighted by Gasteiger charge is 2.22. The maximum Gasteiger partial charge on any atom is 0.207 e. The van der Waals surface area contributed by atoms with Crippen molar-refractivity contribution in [2.24, 2.45) is 0 Å². The van der Waals surface area contributed by atoms with Crippen molar-refractivity contribution in [3.63, 3.8) is 0 Å². The van der Waals surface area contributed by atoms with Gasteiger partial charge < -0.3 is 5.73 Å². The summed E-state index contributed by atoms with van der Waals surface area (Å²) in [7, 11) is 0. The molecule has 2 heterocycles. The molecule has 0 atom stereocenters. The van der Waals surface area contributed by atoms with Crippen LogP contribution < -0.4 is 5.73 Å². The molecule has 0 aliphatic rings. The molecule has 0 saturated carbocycles. The third-order valence-electron chi connectivity index (χ3n) is 3.20. The molecule has 0 aliphatic heterocycles. The maximum atomic E-state index is 14.0. The number of anilines is 1. The third kappa shape index (κ3) is 1.59. The lowest BCUT2D eigenvalue weighted by Crippen LogP contribution is -2.09. The van der Waals surface area contributed by atoms with Gasteiger partial charge in [-0.2, -0.15) is 5.10 Å². The molecule has 20 heavy (non-hydrogen) atoms. The van der Waals surface area contributed by atoms with Gasteiger partial charge in [0.15, 0.2) is 5.65 Å². The van der Waals surface area contributed by atoms with E-state index in [4.69, 9.17) is 5.73 Å². The van der Waals surface area contributed by atoms with Crippen molar-refractivity contribution >= 4 is 17.1 Å². The highest BCUT2D eigenvalue weighted by molar-refractivity contribution is 5.80. The minimum absolute atomic E-state index is 0.0340. The number of nitrogens with zero attached hydrogens (tertiary/aromatic N) is 4. The van der Waals surface area contributed by atoms with Gasteiger partial charge in [-0.25, -0.2) is 18.4 Å². The number of benzene rings is 1. The molecule has 0 bridgehead atoms. The summed E-state index contributed by atoms with van der Waals surface area (Å²) in [5.41, 5.74) is 7.31. The first-order valence-corrected chi connectivity index (χ1v) is 6.20. The lowest BCUT2D eigenvalue weighted by atomic mass is 10.3. The van der Waals surface area contributed by atoms with Crippen LogP contribution in [0.4, 0.5) is 14.7 Å². The average Bonchev–Trinajstić information content (AvgIpc) is 2.88. The predicted octanol–water partition coefficient (Wildman–Crippen LogP) is 2.41. The number of halogens is 2. The number of aromatic nitrogens is 4. The molecule has 3 rings (SSSR count). The first-order valence-electron chi connectivity index (χ1n) is 6.20. The third-order valence-corrected chi connectivity index (χ3v) is 3.20. The van der Waals surface area contributed by atoms with E-state index in [2.05, 4.69) is 10.1 Å². The van der Waals surface area contributed by atoms with Gasteiger partial charge in [0, 0.05) is 6.54 Å². The fourth-order valence-electron chi connectivity index (χ4n) is 2.33. The second-order valence-electron chi connectivity index (χ2n) is 4.45. The first kappa shape index (κ1) is 12.6. The van der Waals surface area contributed by atoms with Crippen molar-refractivity contribution in [1.82, 2.24) is 19.3 Å². The Kier molecular flexibility index (Phi) is 2.70. The van der Waals surface area contributed by atoms with E-state index >= 15 is 0 Å². The minimum atomic E-state index is -0.697. The molecule has 7 heteroatoms. The Balaban J connectivity index is 2.45. The zero-order valence-corrected chi connectivity index (χ0v) is 11.1. The topological polar surface area (TPSA) is 61.7 Å². The van der Waals surface area contributed by atoms with Gasteiger partial charge in [-0.05, 0) is 26.0 Å². The summed E-state index contributed by atoms with van der Waals surface area (Å²) in [4.78, 5) is 4.16. The van der Waals surface area contributed by atoms with E-state index in [1.54, 1.807) is 11.6 Å². The van der Waals surface area contributed by atoms with Crippen LogP contribution in [0.3, 0.4) is 0 Å². The number of fused-ring (bicyclic) bond motifs is 1. The van der Waals surface area contributed by atoms with E-state index in [1.807, 2.05) is 6.92 Å². The minimum Gasteiger partial charge on any atom is -0.369 e. The van der Waals surface area contributed by atoms with Gasteiger partial charge >= 0.3 is 0 Å². The van der Waals surface area contributed by atoms with Crippen molar-refractivity contribution in [2.75, 3.05) is 5.73 Å². The Morgan fingerprint density at radius 2 is 1.90 bits per heavy atom. The zero-order chi connectivity index (χ0) is 14.4. The molecule has 0 saturated heterocycles. The molecule has 0 unspecified atom stereocenters. The fourth-order valence-corrected chi connectivity index (χ4v) is 2.33. The van der Waals surface area contributed by atoms with E-state index in [0.717, 1.165) is 0 Å². The van der Waals surface area contributed by atoms with E-state index in [1.165, 1.54) is 22.8 Å². The van der Waals surface area contributed by atoms with Gasteiger partial charge in [-0.1, -0.05) is 6.07 Å². The molecular formula is C13H13F2N5. The van der Waals surface area contributed by atoms with Crippen molar-refractivity contribution in [1.29, 1.82) is 0 Å². The smallest absolute Gasteiger partial charge is 0.207 e. The molecule has 2 N–H and O–H groups in total. The van der Waals surface area contributed by atoms with Crippen LogP contribution in [0.25, 0.3) is 16.9 Å². The van der Waals surface area contributed by atoms with Gasteiger partial charge in [0.05, 0.1) is 5.69 Å². The summed E-state index contributed by atoms with van der Waals surface area (Å²) >= 11 is 0. The molecule has 0 fully saturated rings. The molecule has 0 spiro atoms. The van der Waals surface area contributed by atoms with Crippen LogP contribution in [0.15, 0.2) is 18.2 Å². The van der Waals surface area contributed by atoms with Crippen LogP contribution in [-0.4, -0.2) is 19.3 Å². The van der Waals surface area contributed by atoms with Crippen LogP contribution in [-0.2, 0) is 6.54 Å². The summed E-state index contributed by atoms with van der Waals surface area (Å²) in [6, 6.07) is 3.67. The summed E-state index contributed by atoms with van der Waals surface area (Å²) in [6.07, 6.45) is 0. The SMILES string of the molecule is CCn1nc(C)c2nc(N)n(-c3c(F)cccc3F)c21. The van der Waals surface area contributed by atoms with Gasteiger partial charge in [0.2, 0.25) is 5.95 Å². The number of nitrogens with two attached hydrogens (primary N) is 1. The highest BCUT2D eigenvalue weighted by Crippen LogP contribution is 2.28. The lowest BCUT2D eigenvalue weighted by Gasteiger charge is -2.09. The van der Waals surface area contributed by atoms with E-state index < -0.39 is 11.6 Å². The van der Waals surface area contributed by atoms with E-state index in [0.29, 0.717) is 23.4 Å². The monoisotopic (exact) mass is 277 g/mol. The number of hydrogen-bond donors (Lipinski definition) is 1. The van der Waals surface area contributed by atoms with E-state index in [9.17, 15) is 8.78 Å². The standard InChI is InChI=1S/C13H13F2N5/c1-3-19-12-10(7(2)18-19)17-13(16)20(12)11-8(14)5-4-6-9(11)15/h4-6H,3H2,1-2H3,(H2,16,17). The van der Waals surface area contributed by atoms with Crippen molar-refractivity contribution < 1.29 is 8.78 Å². The Hall–Kier alpha value is -2.44. The Labute approximate surface area is 113 Å². The largest absolute Gasteiger partial charge is 0.369 e. The van der Waals surface area contributed by atoms with Crippen molar-refractivity contribution in [2.45, 2.75) is 20.4 Å². The van der Waals surface area contributed by atoms with Crippen LogP contribution in [0, 0.1) is 18.6 Å². The fraction of sp³-hybridized carbons (Fsp3) is 0.231. The number of hydrogen-bond acceptors (Lipinski definition) is 3. The average molecular weight is 277 g/mol. The van der Waals surface area contributed by atoms with Crippen molar-refractivity contribution in [3.05, 3.63) is 35.5 Å². The van der Waals surface area contributed by atoms with Crippen LogP contribution in [0.5, 0.6) is 0 Å². The predicted molar refractivity (Wildman–Crippen MR) is 71.6 cm³/mol. The number of para-hydroxylation sites is 1. The van der Waals surface area contributed by atoms with Gasteiger partial charge in [0.1, 0.15) is 22.8 Å². The first-order chi connectivity index (χ1) is 9.54. The molecular weight excluding hydrogens is 264 g/mol. The molecule has 0 aliphatic carbocycles. The molecule has 104 valence electrons. The van der Waals surface area contributed by atoms with Crippen LogP contribution in [0.2, 0.25) is 0 Å². The molecule has 3 aromatic rings. The Morgan fingerprint density at radius 3 is 2.50 bits per heavy atom. The molecule has 0 amide bonds. The van der Waals surface area contributed by atoms with Crippen molar-refractivity contribution in [3.8, 4) is 5.69 Å². The van der Waals surface area contributed by atoms with Crippen LogP contribution >= 0.6 is 0 Å². The van der Waals surface area contributed by atoms with E-state index in [-0.39, 0.29) is 11.6 Å². The Bertz CT molecular complexity index is 783. The Morgan fingerprint density at radius 1 is 1.25 bits per heavy atom. The highest BCUT2D eigenvalue weighted by atomic mass is 19.1. The van der Waals surface area contributed by atoms with Gasteiger partial charge in [-0.15, -0.1) is 0 Å². The summed E-state index contributed by atoms with van der Waals surface area (Å²) in [5, 5.41) is 4.29. The molecule has 1 aromatic carbocycles. The normalized spacial score (nSPS) is 11.4. The second-order valence-corrected chi connectivity index (χ2v) is 4.45. The molecule has 0 radical (unpaired) electrons. The number of imidazole rings is 1. The van der Waals surface area contributed by atoms with Crippen LogP contribution in [0.1, 0.15) is 12.6 Å². The molecule has 5 nitrogen and oxygen atoms in total. The second kappa shape index (κ2) is 4.29. The summed E-state index contributed by atoms with van der Waals surface area (Å²) in [5.74, 6) is -1.36. The summed E-state index contributed by atoms with van der Waals surface area (Å²) < 4.78 is 30.9. The number of rotatable bonds is 2. The number of nitrogen functional groups attached to an aromatic ring is 1. The lowest BCUT2D eigenvalue weighted by molar-refractivity contribution is 0.568. The van der Waals surface area contributed by atoms with Gasteiger partial charge in [-0.3, -0.25) is 4.57 Å². The summed E-state index contributed by atoms with van der Waals surface area (Å²) in [6.45, 7) is 4.21. The molecule has 2 aromatic heterocycles. The maximum absolute atomic E-state index is 14.0. The quantitative estimate of drug-likeness (QED) is 0.782. The number of aryl methyl sites for hydroxylation is 2.